The van der Waals surface area contributed by atoms with E-state index in [2.05, 4.69) is 81.2 Å². The van der Waals surface area contributed by atoms with Crippen molar-refractivity contribution in [2.24, 2.45) is 0 Å². The lowest BCUT2D eigenvalue weighted by Gasteiger charge is -2.38. The third kappa shape index (κ3) is 7.75. The van der Waals surface area contributed by atoms with E-state index in [-0.39, 0.29) is 0 Å². The highest BCUT2D eigenvalue weighted by atomic mass is 15.2. The molecule has 0 aliphatic carbocycles. The zero-order valence-electron chi connectivity index (χ0n) is 19.2. The highest BCUT2D eigenvalue weighted by Crippen LogP contribution is 2.20. The van der Waals surface area contributed by atoms with Crippen LogP contribution >= 0.6 is 0 Å². The number of hydrogen-bond acceptors (Lipinski definition) is 4. The van der Waals surface area contributed by atoms with Gasteiger partial charge in [-0.3, -0.25) is 0 Å². The molecule has 0 aliphatic heterocycles. The summed E-state index contributed by atoms with van der Waals surface area (Å²) in [4.78, 5) is 10.3. The Balaban J connectivity index is 5.29. The second-order valence-corrected chi connectivity index (χ2v) is 7.00. The van der Waals surface area contributed by atoms with Crippen molar-refractivity contribution in [3.8, 4) is 0 Å². The molecule has 0 aromatic heterocycles. The van der Waals surface area contributed by atoms with Gasteiger partial charge >= 0.3 is 14.0 Å². The van der Waals surface area contributed by atoms with Crippen LogP contribution in [0.5, 0.6) is 0 Å². The first-order valence-electron chi connectivity index (χ1n) is 11.1. The summed E-state index contributed by atoms with van der Waals surface area (Å²) in [6.07, 6.45) is 2.14. The van der Waals surface area contributed by atoms with Gasteiger partial charge < -0.3 is 19.2 Å². The van der Waals surface area contributed by atoms with Crippen molar-refractivity contribution in [2.45, 2.75) is 68.0 Å². The second-order valence-electron chi connectivity index (χ2n) is 7.00. The highest BCUT2D eigenvalue weighted by Gasteiger charge is 2.32. The average Bonchev–Trinajstić information content (AvgIpc) is 2.65. The minimum atomic E-state index is 0.474. The lowest BCUT2D eigenvalue weighted by atomic mass is 9.58. The standard InChI is InChI=1S/C20H46B2N4/c1-10-23(11-2)21(24(12-3)13-4)18-20(9)19-22(25(14-5)15-6)26(16-7)17-8/h9-19H2,1-8H3. The predicted molar refractivity (Wildman–Crippen MR) is 122 cm³/mol. The molecule has 0 rings (SSSR count). The summed E-state index contributed by atoms with van der Waals surface area (Å²) in [5, 5.41) is 0. The average molecular weight is 364 g/mol. The Hall–Kier alpha value is -0.290. The summed E-state index contributed by atoms with van der Waals surface area (Å²) in [7, 11) is 0. The quantitative estimate of drug-likeness (QED) is 0.304. The fourth-order valence-corrected chi connectivity index (χ4v) is 4.16. The molecule has 26 heavy (non-hydrogen) atoms. The molecular weight excluding hydrogens is 318 g/mol. The fraction of sp³-hybridized carbons (Fsp3) is 0.900. The summed E-state index contributed by atoms with van der Waals surface area (Å²) < 4.78 is 0. The topological polar surface area (TPSA) is 13.0 Å². The van der Waals surface area contributed by atoms with Crippen LogP contribution in [0.1, 0.15) is 55.4 Å². The Bertz CT molecular complexity index is 296. The second kappa shape index (κ2) is 14.7. The van der Waals surface area contributed by atoms with Crippen molar-refractivity contribution < 1.29 is 0 Å². The minimum absolute atomic E-state index is 0.474. The van der Waals surface area contributed by atoms with E-state index in [9.17, 15) is 0 Å². The molecule has 0 saturated heterocycles. The van der Waals surface area contributed by atoms with Crippen LogP contribution in [0.4, 0.5) is 0 Å². The van der Waals surface area contributed by atoms with Gasteiger partial charge in [0.15, 0.2) is 0 Å². The van der Waals surface area contributed by atoms with Gasteiger partial charge in [-0.25, -0.2) is 0 Å². The van der Waals surface area contributed by atoms with Crippen LogP contribution in [-0.4, -0.2) is 85.6 Å². The Kier molecular flexibility index (Phi) is 14.6. The highest BCUT2D eigenvalue weighted by molar-refractivity contribution is 6.56. The fourth-order valence-electron chi connectivity index (χ4n) is 4.16. The van der Waals surface area contributed by atoms with Gasteiger partial charge in [-0.05, 0) is 65.0 Å². The van der Waals surface area contributed by atoms with Crippen LogP contribution in [0.15, 0.2) is 12.2 Å². The summed E-state index contributed by atoms with van der Waals surface area (Å²) in [5.74, 6) is 0. The van der Waals surface area contributed by atoms with E-state index in [1.165, 1.54) is 5.57 Å². The van der Waals surface area contributed by atoms with Crippen LogP contribution < -0.4 is 0 Å². The van der Waals surface area contributed by atoms with Gasteiger partial charge in [-0.2, -0.15) is 0 Å². The van der Waals surface area contributed by atoms with Crippen molar-refractivity contribution >= 4 is 14.0 Å². The van der Waals surface area contributed by atoms with Gasteiger partial charge in [-0.1, -0.05) is 61.0 Å². The third-order valence-electron chi connectivity index (χ3n) is 5.88. The van der Waals surface area contributed by atoms with E-state index in [4.69, 9.17) is 0 Å². The zero-order chi connectivity index (χ0) is 20.1. The largest absolute Gasteiger partial charge is 0.329 e. The lowest BCUT2D eigenvalue weighted by Crippen LogP contribution is -2.54. The van der Waals surface area contributed by atoms with Crippen LogP contribution in [0.3, 0.4) is 0 Å². The van der Waals surface area contributed by atoms with Crippen molar-refractivity contribution in [1.29, 1.82) is 0 Å². The maximum Gasteiger partial charge on any atom is 0.315 e. The number of nitrogens with zero attached hydrogens (tertiary/aromatic N) is 4. The van der Waals surface area contributed by atoms with Gasteiger partial charge in [0.1, 0.15) is 0 Å². The summed E-state index contributed by atoms with van der Waals surface area (Å²) in [6, 6.07) is 0. The first-order chi connectivity index (χ1) is 12.5. The molecule has 0 spiro atoms. The molecule has 0 radical (unpaired) electrons. The van der Waals surface area contributed by atoms with Gasteiger partial charge in [0.2, 0.25) is 0 Å². The van der Waals surface area contributed by atoms with E-state index in [1.807, 2.05) is 0 Å². The van der Waals surface area contributed by atoms with Crippen molar-refractivity contribution in [2.75, 3.05) is 52.4 Å². The smallest absolute Gasteiger partial charge is 0.315 e. The number of rotatable bonds is 16. The Morgan fingerprint density at radius 3 is 0.846 bits per heavy atom. The molecule has 0 amide bonds. The first kappa shape index (κ1) is 25.7. The van der Waals surface area contributed by atoms with E-state index >= 15 is 0 Å². The van der Waals surface area contributed by atoms with Crippen molar-refractivity contribution in [1.82, 2.24) is 19.2 Å². The Morgan fingerprint density at radius 1 is 0.500 bits per heavy atom. The molecule has 0 saturated carbocycles. The van der Waals surface area contributed by atoms with E-state index < -0.39 is 0 Å². The van der Waals surface area contributed by atoms with Gasteiger partial charge in [0, 0.05) is 0 Å². The van der Waals surface area contributed by atoms with Crippen LogP contribution in [0, 0.1) is 0 Å². The molecule has 0 heterocycles. The van der Waals surface area contributed by atoms with Gasteiger partial charge in [0.25, 0.3) is 0 Å². The molecule has 0 aromatic rings. The molecule has 0 bridgehead atoms. The van der Waals surface area contributed by atoms with E-state index in [0.29, 0.717) is 14.0 Å². The molecule has 152 valence electrons. The molecule has 0 N–H and O–H groups in total. The molecule has 0 unspecified atom stereocenters. The van der Waals surface area contributed by atoms with Crippen LogP contribution in [0.25, 0.3) is 0 Å². The molecular formula is C20H46B2N4. The maximum atomic E-state index is 4.53. The number of hydrogen-bond donors (Lipinski definition) is 0. The molecule has 0 fully saturated rings. The molecule has 0 aromatic carbocycles. The van der Waals surface area contributed by atoms with E-state index in [1.54, 1.807) is 0 Å². The predicted octanol–water partition coefficient (Wildman–Crippen LogP) is 3.89. The Morgan fingerprint density at radius 2 is 0.692 bits per heavy atom. The molecule has 4 nitrogen and oxygen atoms in total. The SMILES string of the molecule is C=C(CB(N(CC)CC)N(CC)CC)CB(N(CC)CC)N(CC)CC. The maximum absolute atomic E-state index is 4.53. The molecule has 0 atom stereocenters. The van der Waals surface area contributed by atoms with E-state index in [0.717, 1.165) is 65.0 Å². The lowest BCUT2D eigenvalue weighted by molar-refractivity contribution is 0.374. The van der Waals surface area contributed by atoms with Crippen molar-refractivity contribution in [3.05, 3.63) is 12.2 Å². The van der Waals surface area contributed by atoms with Gasteiger partial charge in [-0.15, -0.1) is 6.58 Å². The molecule has 0 aliphatic rings. The third-order valence-corrected chi connectivity index (χ3v) is 5.88. The van der Waals surface area contributed by atoms with Crippen molar-refractivity contribution in [3.63, 3.8) is 0 Å². The minimum Gasteiger partial charge on any atom is -0.329 e. The first-order valence-corrected chi connectivity index (χ1v) is 11.1. The monoisotopic (exact) mass is 364 g/mol. The summed E-state index contributed by atoms with van der Waals surface area (Å²) in [5.41, 5.74) is 1.39. The summed E-state index contributed by atoms with van der Waals surface area (Å²) in [6.45, 7) is 32.5. The van der Waals surface area contributed by atoms with Gasteiger partial charge in [0.05, 0.1) is 0 Å². The Labute approximate surface area is 166 Å². The van der Waals surface area contributed by atoms with Crippen LogP contribution in [0.2, 0.25) is 12.6 Å². The molecule has 6 heteroatoms. The normalized spacial score (nSPS) is 11.8. The summed E-state index contributed by atoms with van der Waals surface area (Å²) >= 11 is 0. The zero-order valence-corrected chi connectivity index (χ0v) is 19.2. The van der Waals surface area contributed by atoms with Crippen LogP contribution in [-0.2, 0) is 0 Å². The number of allylic oxidation sites excluding steroid dienone is 1.